The highest BCUT2D eigenvalue weighted by atomic mass is 16.5. The molecule has 2 heterocycles. The van der Waals surface area contributed by atoms with Crippen molar-refractivity contribution in [2.75, 3.05) is 19.4 Å². The zero-order valence-corrected chi connectivity index (χ0v) is 15.9. The average Bonchev–Trinajstić information content (AvgIpc) is 3.10. The maximum atomic E-state index is 6.06. The van der Waals surface area contributed by atoms with E-state index in [0.29, 0.717) is 29.0 Å². The van der Waals surface area contributed by atoms with Gasteiger partial charge in [0, 0.05) is 12.6 Å². The van der Waals surface area contributed by atoms with E-state index in [1.54, 1.807) is 14.0 Å². The van der Waals surface area contributed by atoms with Crippen LogP contribution in [0.25, 0.3) is 11.5 Å². The molecule has 0 aliphatic rings. The Bertz CT molecular complexity index is 980. The minimum absolute atomic E-state index is 0.244. The zero-order valence-electron chi connectivity index (χ0n) is 15.9. The number of nitrogen functional groups attached to an aromatic ring is 1. The van der Waals surface area contributed by atoms with Gasteiger partial charge in [0.1, 0.15) is 24.5 Å². The summed E-state index contributed by atoms with van der Waals surface area (Å²) in [5, 5.41) is 3.83. The molecule has 3 aromatic rings. The Morgan fingerprint density at radius 1 is 1.26 bits per heavy atom. The van der Waals surface area contributed by atoms with Crippen LogP contribution >= 0.6 is 0 Å². The Kier molecular flexibility index (Phi) is 5.44. The van der Waals surface area contributed by atoms with Crippen LogP contribution in [0.5, 0.6) is 5.75 Å². The number of aryl methyl sites for hydroxylation is 3. The average molecular weight is 366 g/mol. The van der Waals surface area contributed by atoms with Crippen molar-refractivity contribution in [1.82, 2.24) is 20.1 Å². The molecule has 2 N–H and O–H groups in total. The summed E-state index contributed by atoms with van der Waals surface area (Å²) >= 11 is 0. The molecule has 0 unspecified atom stereocenters. The van der Waals surface area contributed by atoms with Gasteiger partial charge < -0.3 is 15.0 Å². The maximum absolute atomic E-state index is 6.06. The van der Waals surface area contributed by atoms with Crippen molar-refractivity contribution in [2.45, 2.75) is 27.2 Å². The second kappa shape index (κ2) is 7.94. The lowest BCUT2D eigenvalue weighted by atomic mass is 10.1. The first-order valence-corrected chi connectivity index (χ1v) is 8.63. The van der Waals surface area contributed by atoms with E-state index in [1.165, 1.54) is 6.33 Å². The number of nitrogens with two attached hydrogens (primary N) is 1. The van der Waals surface area contributed by atoms with Gasteiger partial charge in [-0.1, -0.05) is 18.1 Å². The summed E-state index contributed by atoms with van der Waals surface area (Å²) in [6.45, 7) is 6.01. The first-order chi connectivity index (χ1) is 13.0. The summed E-state index contributed by atoms with van der Waals surface area (Å²) in [5.41, 5.74) is 10.1. The van der Waals surface area contributed by atoms with E-state index in [-0.39, 0.29) is 6.61 Å². The predicted molar refractivity (Wildman–Crippen MR) is 103 cm³/mol. The van der Waals surface area contributed by atoms with Crippen molar-refractivity contribution in [1.29, 1.82) is 0 Å². The van der Waals surface area contributed by atoms with Gasteiger partial charge in [-0.25, -0.2) is 9.97 Å². The van der Waals surface area contributed by atoms with E-state index in [4.69, 9.17) is 15.0 Å². The van der Waals surface area contributed by atoms with Crippen LogP contribution in [0.15, 0.2) is 34.0 Å². The Hall–Kier alpha value is -3.29. The highest BCUT2D eigenvalue weighted by molar-refractivity contribution is 6.06. The van der Waals surface area contributed by atoms with Gasteiger partial charge >= 0.3 is 0 Å². The summed E-state index contributed by atoms with van der Waals surface area (Å²) in [6.07, 6.45) is 2.19. The van der Waals surface area contributed by atoms with Crippen molar-refractivity contribution in [3.63, 3.8) is 0 Å². The molecular weight excluding hydrogens is 344 g/mol. The van der Waals surface area contributed by atoms with Gasteiger partial charge in [-0.05, 0) is 38.0 Å². The SMILES string of the molecule is CCc1ncnc(N)c1C(COc1cc(-c2nc(C)no2)ccc1C)=NC. The number of nitrogens with zero attached hydrogens (tertiary/aromatic N) is 5. The smallest absolute Gasteiger partial charge is 0.258 e. The second-order valence-electron chi connectivity index (χ2n) is 6.02. The molecule has 0 bridgehead atoms. The first-order valence-electron chi connectivity index (χ1n) is 8.63. The summed E-state index contributed by atoms with van der Waals surface area (Å²) in [5.74, 6) is 2.15. The van der Waals surface area contributed by atoms with Crippen molar-refractivity contribution >= 4 is 11.5 Å². The van der Waals surface area contributed by atoms with Crippen molar-refractivity contribution in [2.24, 2.45) is 4.99 Å². The quantitative estimate of drug-likeness (QED) is 0.667. The number of ether oxygens (including phenoxy) is 1. The highest BCUT2D eigenvalue weighted by Crippen LogP contribution is 2.26. The molecule has 0 fully saturated rings. The van der Waals surface area contributed by atoms with Crippen LogP contribution in [0.1, 0.15) is 29.6 Å². The molecule has 2 aromatic heterocycles. The van der Waals surface area contributed by atoms with Gasteiger partial charge in [0.15, 0.2) is 5.82 Å². The molecule has 8 nitrogen and oxygen atoms in total. The van der Waals surface area contributed by atoms with Crippen LogP contribution in [-0.4, -0.2) is 39.5 Å². The Balaban J connectivity index is 1.86. The van der Waals surface area contributed by atoms with Gasteiger partial charge in [-0.2, -0.15) is 4.98 Å². The molecule has 8 heteroatoms. The van der Waals surface area contributed by atoms with Gasteiger partial charge in [0.2, 0.25) is 0 Å². The van der Waals surface area contributed by atoms with E-state index in [0.717, 1.165) is 28.8 Å². The lowest BCUT2D eigenvalue weighted by Crippen LogP contribution is -2.19. The zero-order chi connectivity index (χ0) is 19.4. The summed E-state index contributed by atoms with van der Waals surface area (Å²) in [6, 6.07) is 5.74. The molecule has 0 aliphatic carbocycles. The Labute approximate surface area is 157 Å². The lowest BCUT2D eigenvalue weighted by Gasteiger charge is -2.14. The largest absolute Gasteiger partial charge is 0.487 e. The fraction of sp³-hybridized carbons (Fsp3) is 0.316. The van der Waals surface area contributed by atoms with Crippen LogP contribution in [0, 0.1) is 13.8 Å². The number of hydrogen-bond donors (Lipinski definition) is 1. The fourth-order valence-electron chi connectivity index (χ4n) is 2.72. The van der Waals surface area contributed by atoms with E-state index in [1.807, 2.05) is 32.0 Å². The number of aromatic nitrogens is 4. The predicted octanol–water partition coefficient (Wildman–Crippen LogP) is 2.79. The topological polar surface area (TPSA) is 112 Å². The molecule has 140 valence electrons. The van der Waals surface area contributed by atoms with Gasteiger partial charge in [-0.15, -0.1) is 0 Å². The second-order valence-corrected chi connectivity index (χ2v) is 6.02. The van der Waals surface area contributed by atoms with Gasteiger partial charge in [0.25, 0.3) is 5.89 Å². The minimum atomic E-state index is 0.244. The molecule has 27 heavy (non-hydrogen) atoms. The van der Waals surface area contributed by atoms with Crippen LogP contribution in [-0.2, 0) is 6.42 Å². The molecule has 0 radical (unpaired) electrons. The van der Waals surface area contributed by atoms with Crippen molar-refractivity contribution < 1.29 is 9.26 Å². The fourth-order valence-corrected chi connectivity index (χ4v) is 2.72. The maximum Gasteiger partial charge on any atom is 0.258 e. The summed E-state index contributed by atoms with van der Waals surface area (Å²) < 4.78 is 11.3. The standard InChI is InChI=1S/C19H22N6O2/c1-5-14-17(18(20)23-10-22-14)15(21-4)9-26-16-8-13(7-6-11(16)2)19-24-12(3)25-27-19/h6-8,10H,5,9H2,1-4H3,(H2,20,22,23). The third-order valence-electron chi connectivity index (χ3n) is 4.18. The van der Waals surface area contributed by atoms with E-state index < -0.39 is 0 Å². The molecule has 0 amide bonds. The number of anilines is 1. The van der Waals surface area contributed by atoms with Gasteiger partial charge in [-0.3, -0.25) is 4.99 Å². The third-order valence-corrected chi connectivity index (χ3v) is 4.18. The van der Waals surface area contributed by atoms with Crippen LogP contribution < -0.4 is 10.5 Å². The molecule has 0 saturated heterocycles. The highest BCUT2D eigenvalue weighted by Gasteiger charge is 2.16. The molecule has 3 rings (SSSR count). The van der Waals surface area contributed by atoms with E-state index >= 15 is 0 Å². The lowest BCUT2D eigenvalue weighted by molar-refractivity contribution is 0.373. The summed E-state index contributed by atoms with van der Waals surface area (Å²) in [7, 11) is 1.70. The molecular formula is C19H22N6O2. The van der Waals surface area contributed by atoms with E-state index in [9.17, 15) is 0 Å². The van der Waals surface area contributed by atoms with Crippen molar-refractivity contribution in [3.05, 3.63) is 47.2 Å². The Morgan fingerprint density at radius 3 is 2.74 bits per heavy atom. The number of aliphatic imine (C=N–C) groups is 1. The number of hydrogen-bond acceptors (Lipinski definition) is 8. The minimum Gasteiger partial charge on any atom is -0.487 e. The Morgan fingerprint density at radius 2 is 2.07 bits per heavy atom. The third kappa shape index (κ3) is 3.94. The molecule has 0 saturated carbocycles. The number of benzene rings is 1. The molecule has 0 spiro atoms. The number of rotatable bonds is 6. The monoisotopic (exact) mass is 366 g/mol. The summed E-state index contributed by atoms with van der Waals surface area (Å²) in [4.78, 5) is 17.0. The molecule has 0 atom stereocenters. The molecule has 1 aromatic carbocycles. The van der Waals surface area contributed by atoms with E-state index in [2.05, 4.69) is 25.1 Å². The van der Waals surface area contributed by atoms with Gasteiger partial charge in [0.05, 0.1) is 17.0 Å². The van der Waals surface area contributed by atoms with Crippen LogP contribution in [0.3, 0.4) is 0 Å². The van der Waals surface area contributed by atoms with Crippen molar-refractivity contribution in [3.8, 4) is 17.2 Å². The van der Waals surface area contributed by atoms with Crippen LogP contribution in [0.2, 0.25) is 0 Å². The first kappa shape index (κ1) is 18.5. The normalized spacial score (nSPS) is 11.6. The molecule has 0 aliphatic heterocycles. The van der Waals surface area contributed by atoms with Crippen LogP contribution in [0.4, 0.5) is 5.82 Å².